The second-order valence-corrected chi connectivity index (χ2v) is 8.48. The van der Waals surface area contributed by atoms with E-state index in [1.54, 1.807) is 12.3 Å². The largest absolute Gasteiger partial charge is 0.439 e. The quantitative estimate of drug-likeness (QED) is 0.392. The fourth-order valence-electron chi connectivity index (χ4n) is 4.06. The maximum atomic E-state index is 14.7. The second kappa shape index (κ2) is 8.57. The molecule has 0 saturated carbocycles. The molecule has 4 aromatic rings. The zero-order valence-corrected chi connectivity index (χ0v) is 17.9. The predicted octanol–water partition coefficient (Wildman–Crippen LogP) is 6.24. The van der Waals surface area contributed by atoms with Crippen LogP contribution in [-0.2, 0) is 6.42 Å². The molecule has 1 N–H and O–H groups in total. The van der Waals surface area contributed by atoms with Crippen molar-refractivity contribution >= 4 is 11.9 Å². The van der Waals surface area contributed by atoms with Gasteiger partial charge in [0, 0.05) is 35.0 Å². The number of aromatic nitrogens is 2. The van der Waals surface area contributed by atoms with Crippen molar-refractivity contribution in [2.24, 2.45) is 0 Å². The first kappa shape index (κ1) is 19.8. The van der Waals surface area contributed by atoms with Crippen LogP contribution < -0.4 is 10.1 Å². The van der Waals surface area contributed by atoms with E-state index in [4.69, 9.17) is 4.74 Å². The third kappa shape index (κ3) is 3.96. The SMILES string of the molecule is CNC1CCc2c1cn(Sc1ccc(Oc3ccccc3)nc1)c2-c1ccccc1F. The number of hydrogen-bond acceptors (Lipinski definition) is 4. The summed E-state index contributed by atoms with van der Waals surface area (Å²) in [6.45, 7) is 0. The van der Waals surface area contributed by atoms with Crippen molar-refractivity contribution in [1.82, 2.24) is 14.3 Å². The number of halogens is 1. The van der Waals surface area contributed by atoms with Crippen molar-refractivity contribution in [1.29, 1.82) is 0 Å². The van der Waals surface area contributed by atoms with Gasteiger partial charge in [-0.25, -0.2) is 9.37 Å². The zero-order chi connectivity index (χ0) is 21.2. The standard InChI is InChI=1S/C25H22FN3OS/c1-27-23-13-12-19-21(23)16-29(25(19)20-9-5-6-10-22(20)26)31-18-11-14-24(28-15-18)30-17-7-3-2-4-8-17/h2-11,14-16,23,27H,12-13H2,1H3. The lowest BCUT2D eigenvalue weighted by Crippen LogP contribution is -2.12. The van der Waals surface area contributed by atoms with Crippen LogP contribution in [0, 0.1) is 5.82 Å². The van der Waals surface area contributed by atoms with Crippen LogP contribution in [0.15, 0.2) is 84.0 Å². The zero-order valence-electron chi connectivity index (χ0n) is 17.1. The lowest BCUT2D eigenvalue weighted by atomic mass is 10.1. The molecular weight excluding hydrogens is 409 g/mol. The van der Waals surface area contributed by atoms with Gasteiger partial charge < -0.3 is 10.1 Å². The first-order chi connectivity index (χ1) is 15.2. The lowest BCUT2D eigenvalue weighted by molar-refractivity contribution is 0.462. The summed E-state index contributed by atoms with van der Waals surface area (Å²) in [6, 6.07) is 20.7. The van der Waals surface area contributed by atoms with Crippen LogP contribution >= 0.6 is 11.9 Å². The molecule has 1 aliphatic carbocycles. The van der Waals surface area contributed by atoms with E-state index in [2.05, 4.69) is 20.5 Å². The van der Waals surface area contributed by atoms with Gasteiger partial charge in [0.2, 0.25) is 5.88 Å². The van der Waals surface area contributed by atoms with Crippen LogP contribution in [0.25, 0.3) is 11.3 Å². The third-order valence-electron chi connectivity index (χ3n) is 5.53. The highest BCUT2D eigenvalue weighted by Crippen LogP contribution is 2.43. The molecule has 5 rings (SSSR count). The van der Waals surface area contributed by atoms with Gasteiger partial charge in [-0.1, -0.05) is 30.3 Å². The Morgan fingerprint density at radius 1 is 1.06 bits per heavy atom. The summed E-state index contributed by atoms with van der Waals surface area (Å²) < 4.78 is 22.6. The van der Waals surface area contributed by atoms with Gasteiger partial charge in [-0.3, -0.25) is 3.97 Å². The van der Waals surface area contributed by atoms with Gasteiger partial charge in [0.15, 0.2) is 0 Å². The molecule has 2 aromatic carbocycles. The average Bonchev–Trinajstić information content (AvgIpc) is 3.35. The van der Waals surface area contributed by atoms with Crippen molar-refractivity contribution in [2.45, 2.75) is 23.8 Å². The molecule has 2 aromatic heterocycles. The number of fused-ring (bicyclic) bond motifs is 1. The number of nitrogens with one attached hydrogen (secondary N) is 1. The van der Waals surface area contributed by atoms with Gasteiger partial charge in [0.05, 0.1) is 5.69 Å². The Balaban J connectivity index is 1.46. The average molecular weight is 432 g/mol. The number of hydrogen-bond donors (Lipinski definition) is 1. The van der Waals surface area contributed by atoms with Crippen molar-refractivity contribution in [2.75, 3.05) is 7.05 Å². The molecule has 0 spiro atoms. The van der Waals surface area contributed by atoms with Crippen LogP contribution in [0.1, 0.15) is 23.6 Å². The van der Waals surface area contributed by atoms with Crippen molar-refractivity contribution in [3.63, 3.8) is 0 Å². The fourth-order valence-corrected chi connectivity index (χ4v) is 4.98. The summed E-state index contributed by atoms with van der Waals surface area (Å²) in [6.07, 6.45) is 5.88. The number of rotatable bonds is 6. The summed E-state index contributed by atoms with van der Waals surface area (Å²) in [5.74, 6) is 1.08. The molecule has 156 valence electrons. The Bertz CT molecular complexity index is 1190. The van der Waals surface area contributed by atoms with Crippen LogP contribution in [0.5, 0.6) is 11.6 Å². The van der Waals surface area contributed by atoms with E-state index in [9.17, 15) is 4.39 Å². The molecule has 2 heterocycles. The molecule has 0 amide bonds. The first-order valence-corrected chi connectivity index (χ1v) is 11.0. The van der Waals surface area contributed by atoms with Gasteiger partial charge in [-0.2, -0.15) is 0 Å². The van der Waals surface area contributed by atoms with E-state index < -0.39 is 0 Å². The third-order valence-corrected chi connectivity index (χ3v) is 6.46. The Morgan fingerprint density at radius 3 is 2.61 bits per heavy atom. The molecule has 1 unspecified atom stereocenters. The molecule has 6 heteroatoms. The van der Waals surface area contributed by atoms with Crippen molar-refractivity contribution < 1.29 is 9.13 Å². The fraction of sp³-hybridized carbons (Fsp3) is 0.160. The van der Waals surface area contributed by atoms with Crippen LogP contribution in [0.4, 0.5) is 4.39 Å². The number of benzene rings is 2. The molecule has 4 nitrogen and oxygen atoms in total. The van der Waals surface area contributed by atoms with Crippen molar-refractivity contribution in [3.05, 3.63) is 96.1 Å². The highest BCUT2D eigenvalue weighted by Gasteiger charge is 2.29. The van der Waals surface area contributed by atoms with E-state index in [1.807, 2.05) is 61.6 Å². The molecular formula is C25H22FN3OS. The Morgan fingerprint density at radius 2 is 1.87 bits per heavy atom. The maximum absolute atomic E-state index is 14.7. The molecule has 0 saturated heterocycles. The minimum atomic E-state index is -0.206. The van der Waals surface area contributed by atoms with Crippen LogP contribution in [0.2, 0.25) is 0 Å². The minimum absolute atomic E-state index is 0.206. The summed E-state index contributed by atoms with van der Waals surface area (Å²) >= 11 is 1.53. The van der Waals surface area contributed by atoms with E-state index in [1.165, 1.54) is 29.1 Å². The Kier molecular flexibility index (Phi) is 5.49. The monoisotopic (exact) mass is 431 g/mol. The summed E-state index contributed by atoms with van der Waals surface area (Å²) in [5.41, 5.74) is 4.02. The second-order valence-electron chi connectivity index (χ2n) is 7.44. The smallest absolute Gasteiger partial charge is 0.219 e. The van der Waals surface area contributed by atoms with E-state index in [-0.39, 0.29) is 5.82 Å². The molecule has 0 bridgehead atoms. The normalized spacial score (nSPS) is 15.1. The van der Waals surface area contributed by atoms with E-state index in [0.717, 1.165) is 29.2 Å². The lowest BCUT2D eigenvalue weighted by Gasteiger charge is -2.12. The van der Waals surface area contributed by atoms with Gasteiger partial charge in [0.1, 0.15) is 11.6 Å². The number of nitrogens with zero attached hydrogens (tertiary/aromatic N) is 2. The molecule has 1 aliphatic rings. The highest BCUT2D eigenvalue weighted by atomic mass is 32.2. The number of pyridine rings is 1. The number of ether oxygens (including phenoxy) is 1. The number of para-hydroxylation sites is 1. The Hall–Kier alpha value is -3.09. The molecule has 0 radical (unpaired) electrons. The Labute approximate surface area is 185 Å². The maximum Gasteiger partial charge on any atom is 0.219 e. The van der Waals surface area contributed by atoms with E-state index >= 15 is 0 Å². The van der Waals surface area contributed by atoms with Gasteiger partial charge in [-0.15, -0.1) is 0 Å². The molecule has 31 heavy (non-hydrogen) atoms. The van der Waals surface area contributed by atoms with Crippen LogP contribution in [-0.4, -0.2) is 16.0 Å². The molecule has 0 aliphatic heterocycles. The molecule has 1 atom stereocenters. The van der Waals surface area contributed by atoms with Gasteiger partial charge in [0.25, 0.3) is 0 Å². The summed E-state index contributed by atoms with van der Waals surface area (Å²) in [7, 11) is 1.97. The summed E-state index contributed by atoms with van der Waals surface area (Å²) in [4.78, 5) is 5.39. The predicted molar refractivity (Wildman–Crippen MR) is 122 cm³/mol. The summed E-state index contributed by atoms with van der Waals surface area (Å²) in [5, 5.41) is 3.38. The van der Waals surface area contributed by atoms with Crippen molar-refractivity contribution in [3.8, 4) is 22.9 Å². The molecule has 0 fully saturated rings. The van der Waals surface area contributed by atoms with Crippen LogP contribution in [0.3, 0.4) is 0 Å². The van der Waals surface area contributed by atoms with Gasteiger partial charge in [-0.05, 0) is 73.3 Å². The topological polar surface area (TPSA) is 39.1 Å². The first-order valence-electron chi connectivity index (χ1n) is 10.3. The highest BCUT2D eigenvalue weighted by molar-refractivity contribution is 7.98. The van der Waals surface area contributed by atoms with E-state index in [0.29, 0.717) is 17.5 Å². The minimum Gasteiger partial charge on any atom is -0.439 e. The van der Waals surface area contributed by atoms with Gasteiger partial charge >= 0.3 is 0 Å².